The maximum atomic E-state index is 14.1. The predicted octanol–water partition coefficient (Wildman–Crippen LogP) is 3.49. The van der Waals surface area contributed by atoms with Crippen LogP contribution >= 0.6 is 27.5 Å². The molecule has 1 aromatic heterocycles. The number of methoxy groups -OCH3 is 1. The van der Waals surface area contributed by atoms with Gasteiger partial charge in [-0.3, -0.25) is 9.48 Å². The number of hydrogen-bond acceptors (Lipinski definition) is 4. The summed E-state index contributed by atoms with van der Waals surface area (Å²) >= 11 is 8.90. The van der Waals surface area contributed by atoms with Crippen molar-refractivity contribution in [3.8, 4) is 0 Å². The lowest BCUT2D eigenvalue weighted by Crippen LogP contribution is -2.25. The molecule has 0 saturated carbocycles. The van der Waals surface area contributed by atoms with Crippen molar-refractivity contribution in [1.29, 1.82) is 0 Å². The van der Waals surface area contributed by atoms with Crippen molar-refractivity contribution in [3.05, 3.63) is 50.0 Å². The number of fused-ring (bicyclic) bond motifs is 1. The Morgan fingerprint density at radius 3 is 2.85 bits per heavy atom. The summed E-state index contributed by atoms with van der Waals surface area (Å²) in [6.07, 6.45) is 2.66. The number of nitrogens with one attached hydrogen (secondary N) is 1. The van der Waals surface area contributed by atoms with Gasteiger partial charge in [0.05, 0.1) is 30.6 Å². The second kappa shape index (κ2) is 7.75. The summed E-state index contributed by atoms with van der Waals surface area (Å²) in [5.41, 5.74) is 1.44. The molecule has 0 bridgehead atoms. The van der Waals surface area contributed by atoms with Gasteiger partial charge in [-0.1, -0.05) is 11.6 Å². The SMILES string of the molecule is COC(=O)c1c(CNC(=O)c2c(F)cc(Cl)cc2Br)nn2c1CCCC2. The fraction of sp³-hybridized carbons (Fsp3) is 0.353. The number of benzene rings is 1. The molecule has 0 saturated heterocycles. The van der Waals surface area contributed by atoms with Crippen molar-refractivity contribution in [2.24, 2.45) is 0 Å². The Kier molecular flexibility index (Phi) is 5.62. The molecule has 0 atom stereocenters. The number of hydrogen-bond donors (Lipinski definition) is 1. The van der Waals surface area contributed by atoms with Crippen molar-refractivity contribution in [1.82, 2.24) is 15.1 Å². The molecule has 1 aliphatic heterocycles. The van der Waals surface area contributed by atoms with Crippen LogP contribution in [0.5, 0.6) is 0 Å². The summed E-state index contributed by atoms with van der Waals surface area (Å²) < 4.78 is 20.9. The third-order valence-corrected chi connectivity index (χ3v) is 5.05. The first-order valence-electron chi connectivity index (χ1n) is 8.02. The fourth-order valence-electron chi connectivity index (χ4n) is 3.02. The van der Waals surface area contributed by atoms with Gasteiger partial charge < -0.3 is 10.1 Å². The Morgan fingerprint density at radius 2 is 2.15 bits per heavy atom. The topological polar surface area (TPSA) is 73.2 Å². The summed E-state index contributed by atoms with van der Waals surface area (Å²) in [7, 11) is 1.30. The van der Waals surface area contributed by atoms with Gasteiger partial charge in [0, 0.05) is 16.0 Å². The molecule has 26 heavy (non-hydrogen) atoms. The largest absolute Gasteiger partial charge is 0.465 e. The van der Waals surface area contributed by atoms with Crippen LogP contribution in [0.2, 0.25) is 5.02 Å². The minimum atomic E-state index is -0.737. The van der Waals surface area contributed by atoms with E-state index in [1.165, 1.54) is 13.2 Å². The lowest BCUT2D eigenvalue weighted by molar-refractivity contribution is 0.0597. The Hall–Kier alpha value is -1.93. The summed E-state index contributed by atoms with van der Waals surface area (Å²) in [4.78, 5) is 24.5. The molecule has 1 N–H and O–H groups in total. The van der Waals surface area contributed by atoms with Gasteiger partial charge in [-0.2, -0.15) is 5.10 Å². The number of amides is 1. The van der Waals surface area contributed by atoms with Gasteiger partial charge in [0.25, 0.3) is 5.91 Å². The number of ether oxygens (including phenoxy) is 1. The first kappa shape index (κ1) is 18.8. The zero-order valence-electron chi connectivity index (χ0n) is 13.9. The van der Waals surface area contributed by atoms with Crippen molar-refractivity contribution in [2.75, 3.05) is 7.11 Å². The maximum absolute atomic E-state index is 14.1. The van der Waals surface area contributed by atoms with E-state index in [0.717, 1.165) is 31.0 Å². The molecule has 3 rings (SSSR count). The van der Waals surface area contributed by atoms with E-state index in [2.05, 4.69) is 26.3 Å². The normalized spacial score (nSPS) is 13.2. The lowest BCUT2D eigenvalue weighted by atomic mass is 10.0. The number of halogens is 3. The Labute approximate surface area is 162 Å². The Morgan fingerprint density at radius 1 is 1.38 bits per heavy atom. The van der Waals surface area contributed by atoms with E-state index in [1.807, 2.05) is 0 Å². The molecule has 138 valence electrons. The average molecular weight is 445 g/mol. The van der Waals surface area contributed by atoms with E-state index < -0.39 is 17.7 Å². The number of aryl methyl sites for hydroxylation is 1. The lowest BCUT2D eigenvalue weighted by Gasteiger charge is -2.13. The molecule has 2 aromatic rings. The van der Waals surface area contributed by atoms with Crippen molar-refractivity contribution in [2.45, 2.75) is 32.4 Å². The van der Waals surface area contributed by atoms with Crippen LogP contribution in [0.1, 0.15) is 44.9 Å². The smallest absolute Gasteiger partial charge is 0.341 e. The van der Waals surface area contributed by atoms with Crippen LogP contribution in [0, 0.1) is 5.82 Å². The van der Waals surface area contributed by atoms with Gasteiger partial charge >= 0.3 is 5.97 Å². The fourth-order valence-corrected chi connectivity index (χ4v) is 3.97. The van der Waals surface area contributed by atoms with Crippen LogP contribution in [-0.4, -0.2) is 28.8 Å². The second-order valence-corrected chi connectivity index (χ2v) is 7.16. The summed E-state index contributed by atoms with van der Waals surface area (Å²) in [5, 5.41) is 7.21. The van der Waals surface area contributed by atoms with E-state index in [0.29, 0.717) is 17.8 Å². The first-order valence-corrected chi connectivity index (χ1v) is 9.19. The number of esters is 1. The maximum Gasteiger partial charge on any atom is 0.341 e. The standard InChI is InChI=1S/C17H16BrClFN3O3/c1-26-17(25)15-12(22-23-5-3-2-4-13(15)23)8-21-16(24)14-10(18)6-9(19)7-11(14)20/h6-7H,2-5,8H2,1H3,(H,21,24). The van der Waals surface area contributed by atoms with E-state index >= 15 is 0 Å². The predicted molar refractivity (Wildman–Crippen MR) is 96.8 cm³/mol. The summed E-state index contributed by atoms with van der Waals surface area (Å²) in [6.45, 7) is 0.697. The van der Waals surface area contributed by atoms with Crippen LogP contribution in [0.25, 0.3) is 0 Å². The monoisotopic (exact) mass is 443 g/mol. The number of nitrogens with zero attached hydrogens (tertiary/aromatic N) is 2. The molecule has 1 amide bonds. The third-order valence-electron chi connectivity index (χ3n) is 4.20. The number of carbonyl (C=O) groups excluding carboxylic acids is 2. The van der Waals surface area contributed by atoms with Crippen LogP contribution in [0.4, 0.5) is 4.39 Å². The van der Waals surface area contributed by atoms with Crippen molar-refractivity contribution < 1.29 is 18.7 Å². The van der Waals surface area contributed by atoms with E-state index in [1.54, 1.807) is 4.68 Å². The molecule has 1 aromatic carbocycles. The van der Waals surface area contributed by atoms with E-state index in [4.69, 9.17) is 16.3 Å². The molecular formula is C17H16BrClFN3O3. The quantitative estimate of drug-likeness (QED) is 0.733. The highest BCUT2D eigenvalue weighted by Gasteiger charge is 2.26. The van der Waals surface area contributed by atoms with E-state index in [-0.39, 0.29) is 21.6 Å². The van der Waals surface area contributed by atoms with Gasteiger partial charge in [0.15, 0.2) is 0 Å². The summed E-state index contributed by atoms with van der Waals surface area (Å²) in [5.74, 6) is -1.86. The third kappa shape index (κ3) is 3.61. The number of rotatable bonds is 4. The molecule has 6 nitrogen and oxygen atoms in total. The van der Waals surface area contributed by atoms with Gasteiger partial charge in [-0.05, 0) is 47.3 Å². The highest BCUT2D eigenvalue weighted by atomic mass is 79.9. The summed E-state index contributed by atoms with van der Waals surface area (Å²) in [6, 6.07) is 2.51. The zero-order chi connectivity index (χ0) is 18.8. The van der Waals surface area contributed by atoms with Crippen molar-refractivity contribution in [3.63, 3.8) is 0 Å². The first-order chi connectivity index (χ1) is 12.4. The molecule has 1 aliphatic rings. The zero-order valence-corrected chi connectivity index (χ0v) is 16.3. The van der Waals surface area contributed by atoms with Gasteiger partial charge in [0.2, 0.25) is 0 Å². The molecule has 0 fully saturated rings. The number of aromatic nitrogens is 2. The molecule has 0 radical (unpaired) electrons. The van der Waals surface area contributed by atoms with Crippen LogP contribution in [0.3, 0.4) is 0 Å². The number of carbonyl (C=O) groups is 2. The molecule has 2 heterocycles. The average Bonchev–Trinajstić information content (AvgIpc) is 2.96. The minimum Gasteiger partial charge on any atom is -0.465 e. The highest BCUT2D eigenvalue weighted by molar-refractivity contribution is 9.10. The van der Waals surface area contributed by atoms with Crippen LogP contribution < -0.4 is 5.32 Å². The minimum absolute atomic E-state index is 0.0161. The molecule has 9 heteroatoms. The van der Waals surface area contributed by atoms with E-state index in [9.17, 15) is 14.0 Å². The van der Waals surface area contributed by atoms with Gasteiger partial charge in [-0.15, -0.1) is 0 Å². The van der Waals surface area contributed by atoms with Crippen molar-refractivity contribution >= 4 is 39.4 Å². The van der Waals surface area contributed by atoms with Crippen LogP contribution in [-0.2, 0) is 24.2 Å². The molecular weight excluding hydrogens is 429 g/mol. The van der Waals surface area contributed by atoms with Gasteiger partial charge in [0.1, 0.15) is 11.4 Å². The Balaban J connectivity index is 1.85. The molecule has 0 spiro atoms. The van der Waals surface area contributed by atoms with Crippen LogP contribution in [0.15, 0.2) is 16.6 Å². The second-order valence-electron chi connectivity index (χ2n) is 5.87. The molecule has 0 aliphatic carbocycles. The van der Waals surface area contributed by atoms with Gasteiger partial charge in [-0.25, -0.2) is 9.18 Å². The molecule has 0 unspecified atom stereocenters. The Bertz CT molecular complexity index is 861. The highest BCUT2D eigenvalue weighted by Crippen LogP contribution is 2.26.